The van der Waals surface area contributed by atoms with Gasteiger partial charge in [0.15, 0.2) is 21.5 Å². The maximum atomic E-state index is 13.8. The Bertz CT molecular complexity index is 1610. The first-order chi connectivity index (χ1) is 19.4. The number of urea groups is 1. The van der Waals surface area contributed by atoms with Crippen LogP contribution in [0.25, 0.3) is 11.4 Å². The van der Waals surface area contributed by atoms with Crippen LogP contribution in [0, 0.1) is 0 Å². The summed E-state index contributed by atoms with van der Waals surface area (Å²) < 4.78 is 36.9. The van der Waals surface area contributed by atoms with Crippen LogP contribution in [-0.2, 0) is 19.3 Å². The van der Waals surface area contributed by atoms with Crippen molar-refractivity contribution in [3.05, 3.63) is 78.7 Å². The molecule has 3 heterocycles. The quantitative estimate of drug-likeness (QED) is 0.335. The number of benzene rings is 2. The monoisotopic (exact) mass is 560 g/mol. The Hall–Kier alpha value is -4.29. The number of carbonyl (C=O) groups is 1. The van der Waals surface area contributed by atoms with Gasteiger partial charge in [-0.25, -0.2) is 23.2 Å². The van der Waals surface area contributed by atoms with E-state index in [0.29, 0.717) is 67.0 Å². The fourth-order valence-electron chi connectivity index (χ4n) is 4.87. The van der Waals surface area contributed by atoms with Crippen LogP contribution >= 0.6 is 0 Å². The third-order valence-corrected chi connectivity index (χ3v) is 9.73. The standard InChI is InChI=1S/C28H28N6O5S/c1-19-18-38-16-14-34(19)25-17-23(28(12-13-28)40(36,37)22-5-3-2-4-6-22)30-26(32-25)20-7-9-21(10-8-20)29-27(35)31-24-11-15-39-33-24/h2-11,15,17,19H,12-14,16,18H2,1H3,(H2,29,31,33,35)/t19-/m0/s1. The van der Waals surface area contributed by atoms with Gasteiger partial charge in [-0.05, 0) is 56.2 Å². The molecule has 0 spiro atoms. The first-order valence-electron chi connectivity index (χ1n) is 13.0. The molecule has 2 aromatic carbocycles. The molecular weight excluding hydrogens is 532 g/mol. The highest BCUT2D eigenvalue weighted by molar-refractivity contribution is 7.92. The smallest absolute Gasteiger partial charge is 0.324 e. The summed E-state index contributed by atoms with van der Waals surface area (Å²) in [5, 5.41) is 8.96. The molecule has 0 unspecified atom stereocenters. The SMILES string of the molecule is C[C@H]1COCCN1c1cc(C2(S(=O)(=O)c3ccccc3)CC2)nc(-c2ccc(NC(=O)Nc3ccon3)cc2)n1. The highest BCUT2D eigenvalue weighted by atomic mass is 32.2. The molecule has 2 aromatic heterocycles. The topological polar surface area (TPSA) is 140 Å². The van der Waals surface area contributed by atoms with E-state index < -0.39 is 20.6 Å². The van der Waals surface area contributed by atoms with E-state index in [1.807, 2.05) is 6.07 Å². The van der Waals surface area contributed by atoms with E-state index >= 15 is 0 Å². The van der Waals surface area contributed by atoms with E-state index in [1.54, 1.807) is 54.6 Å². The summed E-state index contributed by atoms with van der Waals surface area (Å²) in [5.74, 6) is 1.38. The van der Waals surface area contributed by atoms with Gasteiger partial charge in [0.1, 0.15) is 16.8 Å². The number of hydrogen-bond donors (Lipinski definition) is 2. The average Bonchev–Trinajstić information content (AvgIpc) is 3.65. The molecule has 2 N–H and O–H groups in total. The molecule has 1 saturated heterocycles. The molecule has 2 amide bonds. The minimum absolute atomic E-state index is 0.0695. The van der Waals surface area contributed by atoms with E-state index in [0.717, 1.165) is 0 Å². The number of ether oxygens (including phenoxy) is 1. The molecule has 1 atom stereocenters. The van der Waals surface area contributed by atoms with E-state index in [4.69, 9.17) is 19.2 Å². The highest BCUT2D eigenvalue weighted by Gasteiger charge is 2.58. The molecule has 6 rings (SSSR count). The van der Waals surface area contributed by atoms with Crippen molar-refractivity contribution in [3.8, 4) is 11.4 Å². The number of carbonyl (C=O) groups excluding carboxylic acids is 1. The summed E-state index contributed by atoms with van der Waals surface area (Å²) in [5.41, 5.74) is 1.73. The van der Waals surface area contributed by atoms with Crippen LogP contribution in [0.1, 0.15) is 25.5 Å². The lowest BCUT2D eigenvalue weighted by atomic mass is 10.1. The van der Waals surface area contributed by atoms with Gasteiger partial charge in [-0.3, -0.25) is 5.32 Å². The largest absolute Gasteiger partial charge is 0.377 e. The van der Waals surface area contributed by atoms with E-state index in [-0.39, 0.29) is 10.9 Å². The number of nitrogens with zero attached hydrogens (tertiary/aromatic N) is 4. The maximum Gasteiger partial charge on any atom is 0.324 e. The van der Waals surface area contributed by atoms with E-state index in [1.165, 1.54) is 12.3 Å². The number of rotatable bonds is 7. The van der Waals surface area contributed by atoms with Crippen molar-refractivity contribution >= 4 is 33.2 Å². The Balaban J connectivity index is 1.35. The Morgan fingerprint density at radius 3 is 2.48 bits per heavy atom. The van der Waals surface area contributed by atoms with Crippen molar-refractivity contribution in [1.82, 2.24) is 15.1 Å². The molecule has 1 aliphatic heterocycles. The average molecular weight is 561 g/mol. The minimum Gasteiger partial charge on any atom is -0.377 e. The molecule has 12 heteroatoms. The van der Waals surface area contributed by atoms with Crippen LogP contribution in [0.4, 0.5) is 22.1 Å². The molecule has 206 valence electrons. The second kappa shape index (κ2) is 10.4. The molecule has 2 aliphatic rings. The van der Waals surface area contributed by atoms with Gasteiger partial charge in [0, 0.05) is 29.9 Å². The number of morpholine rings is 1. The zero-order chi connectivity index (χ0) is 27.7. The second-order valence-corrected chi connectivity index (χ2v) is 12.2. The molecule has 4 aromatic rings. The van der Waals surface area contributed by atoms with Gasteiger partial charge in [-0.1, -0.05) is 23.4 Å². The van der Waals surface area contributed by atoms with Gasteiger partial charge < -0.3 is 19.5 Å². The predicted molar refractivity (Wildman–Crippen MR) is 149 cm³/mol. The maximum absolute atomic E-state index is 13.8. The zero-order valence-electron chi connectivity index (χ0n) is 21.8. The number of nitrogens with one attached hydrogen (secondary N) is 2. The third kappa shape index (κ3) is 4.91. The summed E-state index contributed by atoms with van der Waals surface area (Å²) in [6.07, 6.45) is 2.34. The van der Waals surface area contributed by atoms with Gasteiger partial charge in [0.2, 0.25) is 0 Å². The molecule has 0 radical (unpaired) electrons. The normalized spacial score (nSPS) is 18.2. The molecule has 1 aliphatic carbocycles. The van der Waals surface area contributed by atoms with Crippen LogP contribution in [-0.4, -0.2) is 55.4 Å². The van der Waals surface area contributed by atoms with Crippen molar-refractivity contribution in [2.75, 3.05) is 35.3 Å². The van der Waals surface area contributed by atoms with Crippen LogP contribution < -0.4 is 15.5 Å². The van der Waals surface area contributed by atoms with Crippen LogP contribution in [0.3, 0.4) is 0 Å². The fourth-order valence-corrected chi connectivity index (χ4v) is 6.86. The van der Waals surface area contributed by atoms with Crippen LogP contribution in [0.15, 0.2) is 82.4 Å². The molecule has 40 heavy (non-hydrogen) atoms. The first-order valence-corrected chi connectivity index (χ1v) is 14.5. The third-order valence-electron chi connectivity index (χ3n) is 7.19. The summed E-state index contributed by atoms with van der Waals surface area (Å²) >= 11 is 0. The van der Waals surface area contributed by atoms with Crippen molar-refractivity contribution in [2.45, 2.75) is 35.4 Å². The summed E-state index contributed by atoms with van der Waals surface area (Å²) in [6, 6.07) is 18.5. The van der Waals surface area contributed by atoms with Gasteiger partial charge in [-0.2, -0.15) is 0 Å². The lowest BCUT2D eigenvalue weighted by molar-refractivity contribution is 0.0985. The fraction of sp³-hybridized carbons (Fsp3) is 0.286. The summed E-state index contributed by atoms with van der Waals surface area (Å²) in [6.45, 7) is 3.81. The number of sulfone groups is 1. The number of anilines is 3. The van der Waals surface area contributed by atoms with E-state index in [2.05, 4.69) is 27.6 Å². The van der Waals surface area contributed by atoms with Crippen LogP contribution in [0.5, 0.6) is 0 Å². The van der Waals surface area contributed by atoms with Crippen molar-refractivity contribution in [3.63, 3.8) is 0 Å². The molecule has 2 fully saturated rings. The molecular formula is C28H28N6O5S. The minimum atomic E-state index is -3.68. The molecule has 0 bridgehead atoms. The lowest BCUT2D eigenvalue weighted by Crippen LogP contribution is -2.44. The Morgan fingerprint density at radius 2 is 1.80 bits per heavy atom. The van der Waals surface area contributed by atoms with Gasteiger partial charge in [-0.15, -0.1) is 0 Å². The van der Waals surface area contributed by atoms with E-state index in [9.17, 15) is 13.2 Å². The zero-order valence-corrected chi connectivity index (χ0v) is 22.6. The molecule has 1 saturated carbocycles. The highest BCUT2D eigenvalue weighted by Crippen LogP contribution is 2.55. The van der Waals surface area contributed by atoms with Gasteiger partial charge in [0.25, 0.3) is 0 Å². The number of amides is 2. The Kier molecular flexibility index (Phi) is 6.72. The van der Waals surface area contributed by atoms with Crippen molar-refractivity contribution < 1.29 is 22.5 Å². The van der Waals surface area contributed by atoms with Gasteiger partial charge >= 0.3 is 6.03 Å². The number of aromatic nitrogens is 3. The first kappa shape index (κ1) is 26.0. The number of hydrogen-bond acceptors (Lipinski definition) is 9. The summed E-state index contributed by atoms with van der Waals surface area (Å²) in [7, 11) is -3.68. The van der Waals surface area contributed by atoms with Crippen molar-refractivity contribution in [2.24, 2.45) is 0 Å². The lowest BCUT2D eigenvalue weighted by Gasteiger charge is -2.34. The van der Waals surface area contributed by atoms with Gasteiger partial charge in [0.05, 0.1) is 29.8 Å². The molecule has 11 nitrogen and oxygen atoms in total. The summed E-state index contributed by atoms with van der Waals surface area (Å²) in [4.78, 5) is 24.4. The van der Waals surface area contributed by atoms with Crippen LogP contribution in [0.2, 0.25) is 0 Å². The second-order valence-electron chi connectivity index (χ2n) is 9.90. The Labute approximate surface area is 231 Å². The Morgan fingerprint density at radius 1 is 1.02 bits per heavy atom. The predicted octanol–water partition coefficient (Wildman–Crippen LogP) is 4.46. The van der Waals surface area contributed by atoms with Crippen molar-refractivity contribution in [1.29, 1.82) is 0 Å².